The second-order valence-electron chi connectivity index (χ2n) is 6.71. The van der Waals surface area contributed by atoms with Crippen molar-refractivity contribution in [2.24, 2.45) is 0 Å². The number of ether oxygens (including phenoxy) is 1. The van der Waals surface area contributed by atoms with E-state index in [1.165, 1.54) is 6.08 Å². The van der Waals surface area contributed by atoms with Crippen molar-refractivity contribution < 1.29 is 30.9 Å². The minimum Gasteiger partial charge on any atom is -1.00 e. The fraction of sp³-hybridized carbons (Fsp3) is 0.0833. The molecule has 2 aromatic carbocycles. The molecule has 0 bridgehead atoms. The van der Waals surface area contributed by atoms with E-state index in [0.29, 0.717) is 27.9 Å². The van der Waals surface area contributed by atoms with E-state index in [1.807, 2.05) is 53.4 Å². The molecule has 0 aliphatic rings. The van der Waals surface area contributed by atoms with E-state index < -0.39 is 0 Å². The highest BCUT2D eigenvalue weighted by Gasteiger charge is 2.13. The topological polar surface area (TPSA) is 43.3 Å². The lowest BCUT2D eigenvalue weighted by Gasteiger charge is -2.03. The molecule has 4 rings (SSSR count). The Hall–Kier alpha value is -2.79. The summed E-state index contributed by atoms with van der Waals surface area (Å²) in [6, 6.07) is 16.6. The molecule has 0 aliphatic carbocycles. The summed E-state index contributed by atoms with van der Waals surface area (Å²) in [5.74, 6) is 0.640. The van der Waals surface area contributed by atoms with Crippen LogP contribution in [0.3, 0.4) is 0 Å². The summed E-state index contributed by atoms with van der Waals surface area (Å²) in [6.45, 7) is 0.568. The number of benzene rings is 2. The third-order valence-electron chi connectivity index (χ3n) is 4.66. The lowest BCUT2D eigenvalue weighted by atomic mass is 10.2. The van der Waals surface area contributed by atoms with Gasteiger partial charge in [0.2, 0.25) is 5.78 Å². The van der Waals surface area contributed by atoms with Crippen LogP contribution in [-0.2, 0) is 6.54 Å². The minimum atomic E-state index is -0.221. The Labute approximate surface area is 196 Å². The number of pyridine rings is 1. The molecule has 0 aliphatic heterocycles. The highest BCUT2D eigenvalue weighted by molar-refractivity contribution is 6.42. The Morgan fingerprint density at radius 2 is 1.94 bits per heavy atom. The standard InChI is InChI=1S/C24H18Cl2NO3.ClH/c1-29-21-9-3-6-17-13-22(30-24(17)21)20(28)11-10-16-5-4-12-27(14-16)15-18-7-2-8-19(25)23(18)26;/h2-14H,15H2,1H3;1H/q+1;/p-1/b11-10+;. The molecule has 4 aromatic rings. The van der Waals surface area contributed by atoms with Crippen molar-refractivity contribution in [1.82, 2.24) is 0 Å². The number of ketones is 1. The van der Waals surface area contributed by atoms with Gasteiger partial charge in [0.15, 0.2) is 36.0 Å². The minimum absolute atomic E-state index is 0. The van der Waals surface area contributed by atoms with Gasteiger partial charge in [-0.15, -0.1) is 0 Å². The van der Waals surface area contributed by atoms with E-state index >= 15 is 0 Å². The van der Waals surface area contributed by atoms with Crippen molar-refractivity contribution in [3.05, 3.63) is 100.0 Å². The Balaban J connectivity index is 0.00000272. The Bertz CT molecular complexity index is 1260. The van der Waals surface area contributed by atoms with Gasteiger partial charge >= 0.3 is 0 Å². The number of carbonyl (C=O) groups is 1. The zero-order chi connectivity index (χ0) is 21.1. The first-order valence-corrected chi connectivity index (χ1v) is 10.0. The second-order valence-corrected chi connectivity index (χ2v) is 7.49. The number of carbonyl (C=O) groups excluding carboxylic acids is 1. The van der Waals surface area contributed by atoms with Crippen molar-refractivity contribution in [2.45, 2.75) is 6.54 Å². The number of methoxy groups -OCH3 is 1. The number of allylic oxidation sites excluding steroid dienone is 1. The molecule has 0 radical (unpaired) electrons. The van der Waals surface area contributed by atoms with Crippen LogP contribution in [0.5, 0.6) is 5.75 Å². The molecule has 0 unspecified atom stereocenters. The van der Waals surface area contributed by atoms with Gasteiger partial charge in [-0.3, -0.25) is 4.79 Å². The number of halogens is 3. The molecule has 4 nitrogen and oxygen atoms in total. The lowest BCUT2D eigenvalue weighted by molar-refractivity contribution is -0.688. The van der Waals surface area contributed by atoms with Crippen molar-refractivity contribution in [3.63, 3.8) is 0 Å². The second kappa shape index (κ2) is 10.0. The average molecular weight is 475 g/mol. The zero-order valence-corrected chi connectivity index (χ0v) is 18.8. The summed E-state index contributed by atoms with van der Waals surface area (Å²) in [5.41, 5.74) is 2.35. The first kappa shape index (κ1) is 22.9. The molecule has 2 heterocycles. The maximum Gasteiger partial charge on any atom is 0.221 e. The van der Waals surface area contributed by atoms with Crippen LogP contribution in [0.1, 0.15) is 21.7 Å². The summed E-state index contributed by atoms with van der Waals surface area (Å²) in [4.78, 5) is 12.6. The quantitative estimate of drug-likeness (QED) is 0.245. The van der Waals surface area contributed by atoms with E-state index in [0.717, 1.165) is 16.5 Å². The number of fused-ring (bicyclic) bond motifs is 1. The fourth-order valence-corrected chi connectivity index (χ4v) is 3.56. The van der Waals surface area contributed by atoms with Crippen molar-refractivity contribution >= 4 is 46.0 Å². The highest BCUT2D eigenvalue weighted by Crippen LogP contribution is 2.29. The molecular weight excluding hydrogens is 457 g/mol. The van der Waals surface area contributed by atoms with Crippen LogP contribution in [0, 0.1) is 0 Å². The maximum absolute atomic E-state index is 12.6. The predicted octanol–water partition coefficient (Wildman–Crippen LogP) is 2.98. The van der Waals surface area contributed by atoms with E-state index in [2.05, 4.69) is 0 Å². The molecule has 0 atom stereocenters. The molecule has 0 saturated carbocycles. The van der Waals surface area contributed by atoms with Crippen LogP contribution in [-0.4, -0.2) is 12.9 Å². The summed E-state index contributed by atoms with van der Waals surface area (Å²) in [7, 11) is 1.57. The number of para-hydroxylation sites is 1. The van der Waals surface area contributed by atoms with E-state index in [4.69, 9.17) is 32.4 Å². The Morgan fingerprint density at radius 3 is 2.74 bits per heavy atom. The van der Waals surface area contributed by atoms with Gasteiger partial charge in [-0.2, -0.15) is 0 Å². The molecule has 2 aromatic heterocycles. The number of furan rings is 1. The first-order chi connectivity index (χ1) is 14.5. The van der Waals surface area contributed by atoms with Gasteiger partial charge in [-0.05, 0) is 36.4 Å². The summed E-state index contributed by atoms with van der Waals surface area (Å²) in [6.07, 6.45) is 7.11. The Morgan fingerprint density at radius 1 is 1.13 bits per heavy atom. The molecular formula is C24H18Cl3NO3. The molecule has 0 N–H and O–H groups in total. The van der Waals surface area contributed by atoms with E-state index in [-0.39, 0.29) is 24.0 Å². The Kier molecular flexibility index (Phi) is 7.39. The molecule has 0 amide bonds. The number of rotatable bonds is 6. The van der Waals surface area contributed by atoms with Gasteiger partial charge < -0.3 is 21.6 Å². The average Bonchev–Trinajstić information content (AvgIpc) is 3.20. The van der Waals surface area contributed by atoms with Crippen LogP contribution in [0.15, 0.2) is 77.5 Å². The first-order valence-electron chi connectivity index (χ1n) is 9.26. The number of hydrogen-bond acceptors (Lipinski definition) is 3. The molecule has 0 spiro atoms. The summed E-state index contributed by atoms with van der Waals surface area (Å²) < 4.78 is 13.0. The number of hydrogen-bond donors (Lipinski definition) is 0. The normalized spacial score (nSPS) is 10.9. The van der Waals surface area contributed by atoms with Crippen LogP contribution in [0.2, 0.25) is 10.0 Å². The smallest absolute Gasteiger partial charge is 0.221 e. The molecule has 7 heteroatoms. The van der Waals surface area contributed by atoms with E-state index in [1.54, 1.807) is 31.4 Å². The van der Waals surface area contributed by atoms with Gasteiger partial charge in [0, 0.05) is 22.6 Å². The molecule has 0 saturated heterocycles. The van der Waals surface area contributed by atoms with Gasteiger partial charge in [0.25, 0.3) is 0 Å². The van der Waals surface area contributed by atoms with Crippen molar-refractivity contribution in [2.75, 3.05) is 7.11 Å². The fourth-order valence-electron chi connectivity index (χ4n) is 3.18. The van der Waals surface area contributed by atoms with Gasteiger partial charge in [-0.1, -0.05) is 47.5 Å². The van der Waals surface area contributed by atoms with Gasteiger partial charge in [0.05, 0.1) is 17.2 Å². The summed E-state index contributed by atoms with van der Waals surface area (Å²) in [5, 5.41) is 1.89. The number of nitrogens with zero attached hydrogens (tertiary/aromatic N) is 1. The van der Waals surface area contributed by atoms with Crippen molar-refractivity contribution in [3.8, 4) is 5.75 Å². The van der Waals surface area contributed by atoms with Crippen molar-refractivity contribution in [1.29, 1.82) is 0 Å². The van der Waals surface area contributed by atoms with Crippen LogP contribution in [0.4, 0.5) is 0 Å². The third kappa shape index (κ3) is 5.10. The highest BCUT2D eigenvalue weighted by atomic mass is 35.5. The summed E-state index contributed by atoms with van der Waals surface area (Å²) >= 11 is 12.4. The zero-order valence-electron chi connectivity index (χ0n) is 16.5. The maximum atomic E-state index is 12.6. The van der Waals surface area contributed by atoms with E-state index in [9.17, 15) is 4.79 Å². The lowest BCUT2D eigenvalue weighted by Crippen LogP contribution is -3.00. The van der Waals surface area contributed by atoms with Crippen LogP contribution < -0.4 is 21.7 Å². The van der Waals surface area contributed by atoms with Crippen LogP contribution >= 0.6 is 23.2 Å². The predicted molar refractivity (Wildman–Crippen MR) is 118 cm³/mol. The molecule has 0 fully saturated rings. The van der Waals surface area contributed by atoms with Crippen LogP contribution in [0.25, 0.3) is 17.0 Å². The largest absolute Gasteiger partial charge is 1.00 e. The SMILES string of the molecule is COc1cccc2cc(C(=O)/C=C/c3ccc[n+](Cc4cccc(Cl)c4Cl)c3)oc12.[Cl-]. The number of aromatic nitrogens is 1. The monoisotopic (exact) mass is 473 g/mol. The van der Waals surface area contributed by atoms with Gasteiger partial charge in [-0.25, -0.2) is 4.57 Å². The third-order valence-corrected chi connectivity index (χ3v) is 5.52. The molecule has 158 valence electrons. The molecule has 31 heavy (non-hydrogen) atoms. The van der Waals surface area contributed by atoms with Gasteiger partial charge in [0.1, 0.15) is 0 Å².